The lowest BCUT2D eigenvalue weighted by molar-refractivity contribution is 0.104. The van der Waals surface area contributed by atoms with E-state index in [0.717, 1.165) is 54.1 Å². The molecule has 0 aliphatic carbocycles. The van der Waals surface area contributed by atoms with Crippen LogP contribution in [-0.4, -0.2) is 39.2 Å². The van der Waals surface area contributed by atoms with Gasteiger partial charge in [0.2, 0.25) is 0 Å². The number of ether oxygens (including phenoxy) is 2. The summed E-state index contributed by atoms with van der Waals surface area (Å²) in [5.74, 6) is 0.842. The van der Waals surface area contributed by atoms with Crippen LogP contribution < -0.4 is 9.64 Å². The van der Waals surface area contributed by atoms with Crippen LogP contribution >= 0.6 is 0 Å². The Hall–Kier alpha value is -3.11. The van der Waals surface area contributed by atoms with Crippen LogP contribution in [0.3, 0.4) is 0 Å². The second kappa shape index (κ2) is 8.28. The molecule has 1 aliphatic heterocycles. The van der Waals surface area contributed by atoms with Crippen molar-refractivity contribution in [1.82, 2.24) is 0 Å². The van der Waals surface area contributed by atoms with Gasteiger partial charge in [-0.05, 0) is 64.9 Å². The van der Waals surface area contributed by atoms with Crippen LogP contribution in [0.4, 0.5) is 5.69 Å². The maximum absolute atomic E-state index is 12.5. The van der Waals surface area contributed by atoms with E-state index < -0.39 is 0 Å². The third-order valence-corrected chi connectivity index (χ3v) is 5.03. The molecule has 0 radical (unpaired) electrons. The molecule has 3 aromatic rings. The number of rotatable bonds is 5. The average Bonchev–Trinajstić information content (AvgIpc) is 2.77. The van der Waals surface area contributed by atoms with Gasteiger partial charge in [-0.2, -0.15) is 0 Å². The number of allylic oxidation sites excluding steroid dienone is 1. The number of hydrogen-bond acceptors (Lipinski definition) is 4. The van der Waals surface area contributed by atoms with Gasteiger partial charge in [0.05, 0.1) is 20.3 Å². The van der Waals surface area contributed by atoms with Crippen molar-refractivity contribution >= 4 is 28.3 Å². The van der Waals surface area contributed by atoms with Crippen molar-refractivity contribution in [1.29, 1.82) is 0 Å². The van der Waals surface area contributed by atoms with E-state index in [1.54, 1.807) is 13.2 Å². The predicted octanol–water partition coefficient (Wildman–Crippen LogP) is 4.58. The van der Waals surface area contributed by atoms with E-state index in [1.807, 2.05) is 60.7 Å². The highest BCUT2D eigenvalue weighted by Gasteiger charge is 2.11. The number of benzene rings is 3. The Morgan fingerprint density at radius 1 is 0.964 bits per heavy atom. The monoisotopic (exact) mass is 373 g/mol. The minimum absolute atomic E-state index is 0.00311. The maximum Gasteiger partial charge on any atom is 0.185 e. The van der Waals surface area contributed by atoms with Crippen LogP contribution in [0.5, 0.6) is 5.75 Å². The number of carbonyl (C=O) groups excluding carboxylic acids is 1. The van der Waals surface area contributed by atoms with Gasteiger partial charge in [0.1, 0.15) is 5.75 Å². The summed E-state index contributed by atoms with van der Waals surface area (Å²) in [5.41, 5.74) is 2.82. The minimum atomic E-state index is 0.00311. The van der Waals surface area contributed by atoms with Crippen molar-refractivity contribution in [3.63, 3.8) is 0 Å². The van der Waals surface area contributed by atoms with Crippen LogP contribution in [0.1, 0.15) is 15.9 Å². The van der Waals surface area contributed by atoms with Gasteiger partial charge >= 0.3 is 0 Å². The first-order valence-corrected chi connectivity index (χ1v) is 9.46. The molecule has 1 aliphatic rings. The molecule has 0 spiro atoms. The van der Waals surface area contributed by atoms with Gasteiger partial charge in [-0.15, -0.1) is 0 Å². The number of nitrogens with zero attached hydrogens (tertiary/aromatic N) is 1. The molecular formula is C24H23NO3. The van der Waals surface area contributed by atoms with E-state index in [0.29, 0.717) is 5.56 Å². The van der Waals surface area contributed by atoms with E-state index in [4.69, 9.17) is 9.47 Å². The van der Waals surface area contributed by atoms with Crippen molar-refractivity contribution in [2.75, 3.05) is 38.3 Å². The highest BCUT2D eigenvalue weighted by molar-refractivity contribution is 6.07. The molecule has 4 rings (SSSR count). The molecule has 0 N–H and O–H groups in total. The summed E-state index contributed by atoms with van der Waals surface area (Å²) in [7, 11) is 1.66. The van der Waals surface area contributed by atoms with Crippen LogP contribution in [0.25, 0.3) is 16.8 Å². The van der Waals surface area contributed by atoms with Gasteiger partial charge in [0.25, 0.3) is 0 Å². The Labute approximate surface area is 165 Å². The molecule has 0 atom stereocenters. The fourth-order valence-electron chi connectivity index (χ4n) is 3.40. The molecule has 3 aromatic carbocycles. The lowest BCUT2D eigenvalue weighted by Gasteiger charge is -2.28. The van der Waals surface area contributed by atoms with Gasteiger partial charge in [-0.3, -0.25) is 4.79 Å². The number of carbonyl (C=O) groups is 1. The normalized spacial score (nSPS) is 14.5. The first-order chi connectivity index (χ1) is 13.7. The minimum Gasteiger partial charge on any atom is -0.497 e. The van der Waals surface area contributed by atoms with Gasteiger partial charge < -0.3 is 14.4 Å². The Kier molecular flexibility index (Phi) is 5.40. The zero-order valence-corrected chi connectivity index (χ0v) is 15.9. The number of anilines is 1. The van der Waals surface area contributed by atoms with Crippen molar-refractivity contribution in [3.8, 4) is 5.75 Å². The smallest absolute Gasteiger partial charge is 0.185 e. The average molecular weight is 373 g/mol. The van der Waals surface area contributed by atoms with E-state index in [-0.39, 0.29) is 5.78 Å². The Morgan fingerprint density at radius 3 is 2.43 bits per heavy atom. The van der Waals surface area contributed by atoms with Crippen LogP contribution in [0.15, 0.2) is 66.7 Å². The zero-order chi connectivity index (χ0) is 19.3. The first-order valence-electron chi connectivity index (χ1n) is 9.46. The van der Waals surface area contributed by atoms with Gasteiger partial charge in [0, 0.05) is 24.3 Å². The molecule has 1 heterocycles. The molecule has 1 fully saturated rings. The molecule has 0 amide bonds. The van der Waals surface area contributed by atoms with Crippen LogP contribution in [0, 0.1) is 0 Å². The molecule has 0 saturated carbocycles. The second-order valence-corrected chi connectivity index (χ2v) is 6.82. The van der Waals surface area contributed by atoms with Crippen molar-refractivity contribution in [2.45, 2.75) is 0 Å². The molecule has 142 valence electrons. The summed E-state index contributed by atoms with van der Waals surface area (Å²) in [5, 5.41) is 2.23. The highest BCUT2D eigenvalue weighted by atomic mass is 16.5. The molecule has 28 heavy (non-hydrogen) atoms. The highest BCUT2D eigenvalue weighted by Crippen LogP contribution is 2.22. The van der Waals surface area contributed by atoms with Crippen molar-refractivity contribution in [2.24, 2.45) is 0 Å². The van der Waals surface area contributed by atoms with E-state index in [9.17, 15) is 4.79 Å². The predicted molar refractivity (Wildman–Crippen MR) is 113 cm³/mol. The number of hydrogen-bond donors (Lipinski definition) is 0. The SMILES string of the molecule is COc1ccc2cc(C=CC(=O)c3ccc(N4CCOCC4)cc3)ccc2c1. The summed E-state index contributed by atoms with van der Waals surface area (Å²) < 4.78 is 10.6. The lowest BCUT2D eigenvalue weighted by atomic mass is 10.0. The summed E-state index contributed by atoms with van der Waals surface area (Å²) in [6, 6.07) is 19.9. The standard InChI is InChI=1S/C24H23NO3/c1-27-23-10-7-20-16-18(2-4-21(20)17-23)3-11-24(26)19-5-8-22(9-6-19)25-12-14-28-15-13-25/h2-11,16-17H,12-15H2,1H3. The van der Waals surface area contributed by atoms with Crippen molar-refractivity contribution < 1.29 is 14.3 Å². The molecule has 4 nitrogen and oxygen atoms in total. The first kappa shape index (κ1) is 18.3. The Balaban J connectivity index is 1.46. The summed E-state index contributed by atoms with van der Waals surface area (Å²) in [6.07, 6.45) is 3.50. The molecule has 0 unspecified atom stereocenters. The van der Waals surface area contributed by atoms with E-state index in [1.165, 1.54) is 0 Å². The third kappa shape index (κ3) is 4.07. The maximum atomic E-state index is 12.5. The Morgan fingerprint density at radius 2 is 1.68 bits per heavy atom. The van der Waals surface area contributed by atoms with Gasteiger partial charge in [0.15, 0.2) is 5.78 Å². The molecule has 1 saturated heterocycles. The largest absolute Gasteiger partial charge is 0.497 e. The number of fused-ring (bicyclic) bond motifs is 1. The third-order valence-electron chi connectivity index (χ3n) is 5.03. The fourth-order valence-corrected chi connectivity index (χ4v) is 3.40. The number of ketones is 1. The second-order valence-electron chi connectivity index (χ2n) is 6.82. The van der Waals surface area contributed by atoms with Crippen LogP contribution in [0.2, 0.25) is 0 Å². The number of morpholine rings is 1. The van der Waals surface area contributed by atoms with E-state index >= 15 is 0 Å². The fraction of sp³-hybridized carbons (Fsp3) is 0.208. The molecule has 4 heteroatoms. The summed E-state index contributed by atoms with van der Waals surface area (Å²) >= 11 is 0. The zero-order valence-electron chi connectivity index (χ0n) is 15.9. The number of methoxy groups -OCH3 is 1. The summed E-state index contributed by atoms with van der Waals surface area (Å²) in [6.45, 7) is 3.28. The topological polar surface area (TPSA) is 38.8 Å². The Bertz CT molecular complexity index is 1000. The van der Waals surface area contributed by atoms with Crippen LogP contribution in [-0.2, 0) is 4.74 Å². The quantitative estimate of drug-likeness (QED) is 0.485. The summed E-state index contributed by atoms with van der Waals surface area (Å²) in [4.78, 5) is 14.8. The van der Waals surface area contributed by atoms with Gasteiger partial charge in [-0.25, -0.2) is 0 Å². The lowest BCUT2D eigenvalue weighted by Crippen LogP contribution is -2.36. The van der Waals surface area contributed by atoms with E-state index in [2.05, 4.69) is 11.0 Å². The molecule has 0 aromatic heterocycles. The van der Waals surface area contributed by atoms with Crippen molar-refractivity contribution in [3.05, 3.63) is 77.9 Å². The molecule has 0 bridgehead atoms. The molecular weight excluding hydrogens is 350 g/mol. The van der Waals surface area contributed by atoms with Gasteiger partial charge in [-0.1, -0.05) is 24.3 Å².